The number of aryl methyl sites for hydroxylation is 1. The van der Waals surface area contributed by atoms with Crippen molar-refractivity contribution in [3.8, 4) is 11.3 Å². The predicted molar refractivity (Wildman–Crippen MR) is 61.3 cm³/mol. The molecule has 0 unspecified atom stereocenters. The van der Waals surface area contributed by atoms with Crippen molar-refractivity contribution in [2.24, 2.45) is 0 Å². The van der Waals surface area contributed by atoms with Crippen LogP contribution in [0, 0.1) is 0 Å². The lowest BCUT2D eigenvalue weighted by atomic mass is 9.97. The van der Waals surface area contributed by atoms with Crippen LogP contribution in [0.5, 0.6) is 0 Å². The van der Waals surface area contributed by atoms with Crippen LogP contribution in [0.3, 0.4) is 0 Å². The molecule has 0 radical (unpaired) electrons. The number of ketones is 1. The molecular weight excluding hydrogens is 200 g/mol. The summed E-state index contributed by atoms with van der Waals surface area (Å²) in [5.41, 5.74) is 4.06. The van der Waals surface area contributed by atoms with Crippen molar-refractivity contribution in [2.75, 3.05) is 0 Å². The summed E-state index contributed by atoms with van der Waals surface area (Å²) in [6, 6.07) is 5.86. The van der Waals surface area contributed by atoms with Gasteiger partial charge in [0, 0.05) is 41.3 Å². The van der Waals surface area contributed by atoms with Crippen molar-refractivity contribution in [2.45, 2.75) is 19.3 Å². The Bertz CT molecular complexity index is 528. The molecule has 2 heterocycles. The van der Waals surface area contributed by atoms with E-state index in [1.165, 1.54) is 0 Å². The molecule has 80 valence electrons. The number of rotatable bonds is 1. The number of nitrogens with zero attached hydrogens (tertiary/aromatic N) is 1. The fraction of sp³-hybridized carbons (Fsp3) is 0.231. The lowest BCUT2D eigenvalue weighted by molar-refractivity contribution is 0.0972. The largest absolute Gasteiger partial charge is 0.358 e. The van der Waals surface area contributed by atoms with E-state index in [9.17, 15) is 4.79 Å². The van der Waals surface area contributed by atoms with Gasteiger partial charge in [-0.25, -0.2) is 0 Å². The third-order valence-corrected chi connectivity index (χ3v) is 3.02. The molecule has 2 aromatic rings. The van der Waals surface area contributed by atoms with Crippen LogP contribution in [0.2, 0.25) is 0 Å². The fourth-order valence-corrected chi connectivity index (χ4v) is 2.19. The van der Waals surface area contributed by atoms with E-state index in [0.717, 1.165) is 35.4 Å². The molecule has 0 fully saturated rings. The first-order chi connectivity index (χ1) is 7.84. The van der Waals surface area contributed by atoms with Gasteiger partial charge in [0.15, 0.2) is 5.78 Å². The second-order valence-corrected chi connectivity index (χ2v) is 4.09. The van der Waals surface area contributed by atoms with Crippen molar-refractivity contribution in [1.29, 1.82) is 0 Å². The number of Topliss-reactive ketones (excluding diaryl/α,β-unsaturated/α-hetero) is 1. The highest BCUT2D eigenvalue weighted by atomic mass is 16.1. The zero-order chi connectivity index (χ0) is 11.0. The van der Waals surface area contributed by atoms with Crippen molar-refractivity contribution in [3.05, 3.63) is 41.9 Å². The van der Waals surface area contributed by atoms with Crippen LogP contribution in [0.25, 0.3) is 11.3 Å². The number of pyridine rings is 1. The molecule has 3 nitrogen and oxygen atoms in total. The van der Waals surface area contributed by atoms with Gasteiger partial charge >= 0.3 is 0 Å². The Labute approximate surface area is 93.5 Å². The van der Waals surface area contributed by atoms with E-state index in [1.807, 2.05) is 18.2 Å². The number of H-pyrrole nitrogens is 1. The van der Waals surface area contributed by atoms with Gasteiger partial charge in [0.05, 0.1) is 0 Å². The molecule has 1 aliphatic carbocycles. The molecule has 0 spiro atoms. The van der Waals surface area contributed by atoms with Crippen LogP contribution in [-0.2, 0) is 6.42 Å². The first-order valence-corrected chi connectivity index (χ1v) is 5.50. The van der Waals surface area contributed by atoms with Crippen LogP contribution >= 0.6 is 0 Å². The summed E-state index contributed by atoms with van der Waals surface area (Å²) in [7, 11) is 0. The summed E-state index contributed by atoms with van der Waals surface area (Å²) in [4.78, 5) is 19.0. The lowest BCUT2D eigenvalue weighted by Gasteiger charge is -2.08. The molecule has 16 heavy (non-hydrogen) atoms. The van der Waals surface area contributed by atoms with Crippen LogP contribution in [0.15, 0.2) is 30.6 Å². The Hall–Kier alpha value is -1.90. The van der Waals surface area contributed by atoms with Gasteiger partial charge in [-0.3, -0.25) is 9.78 Å². The number of nitrogens with one attached hydrogen (secondary N) is 1. The summed E-state index contributed by atoms with van der Waals surface area (Å²) in [6.07, 6.45) is 6.14. The predicted octanol–water partition coefficient (Wildman–Crippen LogP) is 2.60. The van der Waals surface area contributed by atoms with E-state index in [1.54, 1.807) is 12.4 Å². The smallest absolute Gasteiger partial charge is 0.164 e. The maximum atomic E-state index is 11.7. The van der Waals surface area contributed by atoms with Crippen molar-refractivity contribution in [3.63, 3.8) is 0 Å². The number of fused-ring (bicyclic) bond motifs is 1. The highest BCUT2D eigenvalue weighted by Crippen LogP contribution is 2.26. The molecule has 1 aliphatic rings. The second-order valence-electron chi connectivity index (χ2n) is 4.09. The van der Waals surface area contributed by atoms with Gasteiger partial charge in [0.2, 0.25) is 0 Å². The Morgan fingerprint density at radius 1 is 1.19 bits per heavy atom. The molecule has 0 aromatic carbocycles. The molecule has 0 bridgehead atoms. The summed E-state index contributed by atoms with van der Waals surface area (Å²) in [5, 5.41) is 0. The first kappa shape index (κ1) is 9.33. The van der Waals surface area contributed by atoms with Gasteiger partial charge < -0.3 is 4.98 Å². The molecule has 3 rings (SSSR count). The molecule has 0 atom stereocenters. The minimum atomic E-state index is 0.262. The minimum Gasteiger partial charge on any atom is -0.358 e. The Morgan fingerprint density at radius 2 is 2.00 bits per heavy atom. The maximum absolute atomic E-state index is 11.7. The zero-order valence-corrected chi connectivity index (χ0v) is 8.86. The van der Waals surface area contributed by atoms with Crippen LogP contribution in [0.1, 0.15) is 28.9 Å². The first-order valence-electron chi connectivity index (χ1n) is 5.50. The Morgan fingerprint density at radius 3 is 2.75 bits per heavy atom. The van der Waals surface area contributed by atoms with Crippen LogP contribution in [0.4, 0.5) is 0 Å². The van der Waals surface area contributed by atoms with E-state index in [4.69, 9.17) is 0 Å². The molecule has 0 amide bonds. The van der Waals surface area contributed by atoms with E-state index in [-0.39, 0.29) is 5.78 Å². The molecular formula is C13H12N2O. The zero-order valence-electron chi connectivity index (χ0n) is 8.86. The normalized spacial score (nSPS) is 14.9. The molecule has 0 saturated heterocycles. The van der Waals surface area contributed by atoms with Crippen LogP contribution in [-0.4, -0.2) is 15.8 Å². The topological polar surface area (TPSA) is 45.8 Å². The van der Waals surface area contributed by atoms with Crippen molar-refractivity contribution < 1.29 is 4.79 Å². The molecule has 1 N–H and O–H groups in total. The van der Waals surface area contributed by atoms with Crippen molar-refractivity contribution in [1.82, 2.24) is 9.97 Å². The van der Waals surface area contributed by atoms with E-state index in [0.29, 0.717) is 6.42 Å². The third kappa shape index (κ3) is 1.45. The van der Waals surface area contributed by atoms with Gasteiger partial charge in [-0.15, -0.1) is 0 Å². The number of carbonyl (C=O) groups is 1. The van der Waals surface area contributed by atoms with Gasteiger partial charge in [-0.1, -0.05) is 0 Å². The lowest BCUT2D eigenvalue weighted by Crippen LogP contribution is -2.08. The average Bonchev–Trinajstić information content (AvgIpc) is 2.76. The number of hydrogen-bond acceptors (Lipinski definition) is 2. The van der Waals surface area contributed by atoms with Gasteiger partial charge in [0.1, 0.15) is 0 Å². The Balaban J connectivity index is 2.08. The summed E-state index contributed by atoms with van der Waals surface area (Å²) >= 11 is 0. The van der Waals surface area contributed by atoms with Gasteiger partial charge in [-0.05, 0) is 31.0 Å². The number of aromatic nitrogens is 2. The molecule has 0 saturated carbocycles. The van der Waals surface area contributed by atoms with E-state index >= 15 is 0 Å². The monoisotopic (exact) mass is 212 g/mol. The number of carbonyl (C=O) groups excluding carboxylic acids is 1. The standard InChI is InChI=1S/C13H12N2O/c16-13-3-1-2-11-10(13)8-12(15-11)9-4-6-14-7-5-9/h4-8,15H,1-3H2. The minimum absolute atomic E-state index is 0.262. The number of aromatic amines is 1. The average molecular weight is 212 g/mol. The van der Waals surface area contributed by atoms with Crippen LogP contribution < -0.4 is 0 Å². The van der Waals surface area contributed by atoms with Gasteiger partial charge in [-0.2, -0.15) is 0 Å². The molecule has 0 aliphatic heterocycles. The summed E-state index contributed by atoms with van der Waals surface area (Å²) < 4.78 is 0. The third-order valence-electron chi connectivity index (χ3n) is 3.02. The summed E-state index contributed by atoms with van der Waals surface area (Å²) in [5.74, 6) is 0.262. The second kappa shape index (κ2) is 3.59. The Kier molecular flexibility index (Phi) is 2.10. The number of hydrogen-bond donors (Lipinski definition) is 1. The van der Waals surface area contributed by atoms with E-state index in [2.05, 4.69) is 9.97 Å². The van der Waals surface area contributed by atoms with Crippen molar-refractivity contribution >= 4 is 5.78 Å². The maximum Gasteiger partial charge on any atom is 0.164 e. The van der Waals surface area contributed by atoms with Gasteiger partial charge in [0.25, 0.3) is 0 Å². The highest BCUT2D eigenvalue weighted by Gasteiger charge is 2.19. The fourth-order valence-electron chi connectivity index (χ4n) is 2.19. The summed E-state index contributed by atoms with van der Waals surface area (Å²) in [6.45, 7) is 0. The molecule has 3 heteroatoms. The molecule has 2 aromatic heterocycles. The SMILES string of the molecule is O=C1CCCc2[nH]c(-c3ccncc3)cc21. The van der Waals surface area contributed by atoms with E-state index < -0.39 is 0 Å². The quantitative estimate of drug-likeness (QED) is 0.789. The highest BCUT2D eigenvalue weighted by molar-refractivity contribution is 5.99.